The molecule has 0 radical (unpaired) electrons. The van der Waals surface area contributed by atoms with Crippen LogP contribution in [0, 0.1) is 17.8 Å². The minimum Gasteiger partial charge on any atom is -0.0654 e. The van der Waals surface area contributed by atoms with E-state index in [1.165, 1.54) is 38.5 Å². The fraction of sp³-hybridized carbons (Fsp3) is 1.00. The molecule has 0 saturated heterocycles. The Labute approximate surface area is 91.5 Å². The average Bonchev–Trinajstić information content (AvgIpc) is 2.13. The molecule has 0 fully saturated rings. The molecule has 0 amide bonds. The van der Waals surface area contributed by atoms with E-state index in [2.05, 4.69) is 34.6 Å². The zero-order chi connectivity index (χ0) is 11.0. The van der Waals surface area contributed by atoms with Crippen LogP contribution in [0.15, 0.2) is 0 Å². The summed E-state index contributed by atoms with van der Waals surface area (Å²) < 4.78 is 0. The maximum absolute atomic E-state index is 2.45. The fourth-order valence-electron chi connectivity index (χ4n) is 2.35. The number of hydrogen-bond donors (Lipinski definition) is 0. The highest BCUT2D eigenvalue weighted by Gasteiger charge is 2.13. The van der Waals surface area contributed by atoms with E-state index in [1.807, 2.05) is 0 Å². The van der Waals surface area contributed by atoms with E-state index in [9.17, 15) is 0 Å². The van der Waals surface area contributed by atoms with Gasteiger partial charge >= 0.3 is 0 Å². The lowest BCUT2D eigenvalue weighted by Crippen LogP contribution is -2.10. The molecule has 0 saturated carbocycles. The monoisotopic (exact) mass is 198 g/mol. The summed E-state index contributed by atoms with van der Waals surface area (Å²) in [6.45, 7) is 11.8. The Morgan fingerprint density at radius 2 is 1.50 bits per heavy atom. The maximum Gasteiger partial charge on any atom is -0.0391 e. The van der Waals surface area contributed by atoms with E-state index in [-0.39, 0.29) is 0 Å². The predicted octanol–water partition coefficient (Wildman–Crippen LogP) is 5.28. The molecular weight excluding hydrogens is 168 g/mol. The Bertz CT molecular complexity index is 115. The summed E-state index contributed by atoms with van der Waals surface area (Å²) in [5.74, 6) is 2.80. The van der Waals surface area contributed by atoms with Crippen molar-refractivity contribution in [3.05, 3.63) is 0 Å². The Morgan fingerprint density at radius 3 is 1.93 bits per heavy atom. The Hall–Kier alpha value is 0. The van der Waals surface area contributed by atoms with Crippen LogP contribution in [0.5, 0.6) is 0 Å². The van der Waals surface area contributed by atoms with Crippen LogP contribution in [0.3, 0.4) is 0 Å². The first-order valence-corrected chi connectivity index (χ1v) is 6.61. The van der Waals surface area contributed by atoms with E-state index >= 15 is 0 Å². The van der Waals surface area contributed by atoms with Crippen molar-refractivity contribution in [3.63, 3.8) is 0 Å². The minimum absolute atomic E-state index is 0.883. The van der Waals surface area contributed by atoms with Gasteiger partial charge in [-0.2, -0.15) is 0 Å². The van der Waals surface area contributed by atoms with E-state index in [0.29, 0.717) is 0 Å². The molecule has 0 nitrogen and oxygen atoms in total. The first kappa shape index (κ1) is 14.0. The molecule has 0 aromatic heterocycles. The first-order valence-electron chi connectivity index (χ1n) is 6.61. The fourth-order valence-corrected chi connectivity index (χ4v) is 2.35. The molecule has 0 aliphatic heterocycles. The highest BCUT2D eigenvalue weighted by Crippen LogP contribution is 2.26. The normalized spacial score (nSPS) is 15.9. The molecule has 0 heterocycles. The smallest absolute Gasteiger partial charge is 0.0391 e. The van der Waals surface area contributed by atoms with Crippen molar-refractivity contribution in [2.75, 3.05) is 0 Å². The van der Waals surface area contributed by atoms with E-state index in [4.69, 9.17) is 0 Å². The van der Waals surface area contributed by atoms with Gasteiger partial charge in [0.05, 0.1) is 0 Å². The third kappa shape index (κ3) is 6.45. The molecule has 86 valence electrons. The molecule has 0 heteroatoms. The molecule has 0 aliphatic carbocycles. The molecule has 0 bridgehead atoms. The zero-order valence-corrected chi connectivity index (χ0v) is 11.0. The molecule has 2 unspecified atom stereocenters. The van der Waals surface area contributed by atoms with Crippen LogP contribution in [0.25, 0.3) is 0 Å². The van der Waals surface area contributed by atoms with Crippen molar-refractivity contribution in [1.82, 2.24) is 0 Å². The molecule has 0 rings (SSSR count). The molecule has 2 atom stereocenters. The quantitative estimate of drug-likeness (QED) is 0.498. The topological polar surface area (TPSA) is 0 Å². The summed E-state index contributed by atoms with van der Waals surface area (Å²) in [6, 6.07) is 0. The van der Waals surface area contributed by atoms with E-state index in [1.54, 1.807) is 0 Å². The number of hydrogen-bond acceptors (Lipinski definition) is 0. The molecule has 14 heavy (non-hydrogen) atoms. The van der Waals surface area contributed by atoms with Crippen molar-refractivity contribution in [3.8, 4) is 0 Å². The van der Waals surface area contributed by atoms with Gasteiger partial charge in [0, 0.05) is 0 Å². The molecule has 0 N–H and O–H groups in total. The second kappa shape index (κ2) is 8.32. The van der Waals surface area contributed by atoms with Gasteiger partial charge < -0.3 is 0 Å². The average molecular weight is 198 g/mol. The summed E-state index contributed by atoms with van der Waals surface area (Å²) in [4.78, 5) is 0. The molecular formula is C14H30. The molecule has 0 aliphatic rings. The summed E-state index contributed by atoms with van der Waals surface area (Å²) in [7, 11) is 0. The van der Waals surface area contributed by atoms with Crippen LogP contribution in [0.2, 0.25) is 0 Å². The third-order valence-corrected chi connectivity index (χ3v) is 3.43. The van der Waals surface area contributed by atoms with Gasteiger partial charge in [-0.05, 0) is 17.8 Å². The predicted molar refractivity (Wildman–Crippen MR) is 66.5 cm³/mol. The second-order valence-corrected chi connectivity index (χ2v) is 5.26. The lowest BCUT2D eigenvalue weighted by atomic mass is 9.84. The highest BCUT2D eigenvalue weighted by atomic mass is 14.2. The van der Waals surface area contributed by atoms with Crippen molar-refractivity contribution < 1.29 is 0 Å². The van der Waals surface area contributed by atoms with Gasteiger partial charge in [0.2, 0.25) is 0 Å². The first-order chi connectivity index (χ1) is 6.61. The Kier molecular flexibility index (Phi) is 8.32. The van der Waals surface area contributed by atoms with Gasteiger partial charge in [0.15, 0.2) is 0 Å². The van der Waals surface area contributed by atoms with Crippen molar-refractivity contribution in [2.24, 2.45) is 17.8 Å². The van der Waals surface area contributed by atoms with Crippen LogP contribution >= 0.6 is 0 Å². The van der Waals surface area contributed by atoms with Crippen LogP contribution < -0.4 is 0 Å². The zero-order valence-electron chi connectivity index (χ0n) is 11.0. The standard InChI is InChI=1S/C14H30/c1-6-9-14(7-2)13(5)11-8-10-12(3)4/h12-14H,6-11H2,1-5H3. The van der Waals surface area contributed by atoms with Crippen LogP contribution in [0.4, 0.5) is 0 Å². The number of rotatable bonds is 8. The summed E-state index contributed by atoms with van der Waals surface area (Å²) in [5, 5.41) is 0. The summed E-state index contributed by atoms with van der Waals surface area (Å²) >= 11 is 0. The largest absolute Gasteiger partial charge is 0.0654 e. The van der Waals surface area contributed by atoms with Gasteiger partial charge in [-0.1, -0.05) is 73.1 Å². The van der Waals surface area contributed by atoms with Crippen LogP contribution in [-0.2, 0) is 0 Å². The van der Waals surface area contributed by atoms with Crippen molar-refractivity contribution in [1.29, 1.82) is 0 Å². The van der Waals surface area contributed by atoms with E-state index in [0.717, 1.165) is 17.8 Å². The second-order valence-electron chi connectivity index (χ2n) is 5.26. The molecule has 0 aromatic rings. The van der Waals surface area contributed by atoms with Crippen molar-refractivity contribution in [2.45, 2.75) is 73.1 Å². The SMILES string of the molecule is CCCC(CC)C(C)CCCC(C)C. The van der Waals surface area contributed by atoms with Gasteiger partial charge in [-0.25, -0.2) is 0 Å². The lowest BCUT2D eigenvalue weighted by molar-refractivity contribution is 0.294. The summed E-state index contributed by atoms with van der Waals surface area (Å²) in [6.07, 6.45) is 8.44. The Morgan fingerprint density at radius 1 is 0.857 bits per heavy atom. The van der Waals surface area contributed by atoms with Gasteiger partial charge in [0.1, 0.15) is 0 Å². The van der Waals surface area contributed by atoms with E-state index < -0.39 is 0 Å². The molecule has 0 aromatic carbocycles. The lowest BCUT2D eigenvalue weighted by Gasteiger charge is -2.22. The third-order valence-electron chi connectivity index (χ3n) is 3.43. The van der Waals surface area contributed by atoms with Gasteiger partial charge in [0.25, 0.3) is 0 Å². The maximum atomic E-state index is 2.45. The van der Waals surface area contributed by atoms with Gasteiger partial charge in [-0.3, -0.25) is 0 Å². The highest BCUT2D eigenvalue weighted by molar-refractivity contribution is 4.65. The van der Waals surface area contributed by atoms with Crippen LogP contribution in [-0.4, -0.2) is 0 Å². The molecule has 0 spiro atoms. The van der Waals surface area contributed by atoms with Gasteiger partial charge in [-0.15, -0.1) is 0 Å². The minimum atomic E-state index is 0.883. The van der Waals surface area contributed by atoms with Crippen LogP contribution in [0.1, 0.15) is 73.1 Å². The summed E-state index contributed by atoms with van der Waals surface area (Å²) in [5.41, 5.74) is 0. The Balaban J connectivity index is 3.63. The van der Waals surface area contributed by atoms with Crippen molar-refractivity contribution >= 4 is 0 Å².